The first-order valence-corrected chi connectivity index (χ1v) is 8.69. The van der Waals surface area contributed by atoms with Crippen LogP contribution >= 0.6 is 0 Å². The lowest BCUT2D eigenvalue weighted by Crippen LogP contribution is -2.13. The summed E-state index contributed by atoms with van der Waals surface area (Å²) in [5.74, 6) is 0.416. The molecule has 0 saturated heterocycles. The molecule has 0 radical (unpaired) electrons. The molecule has 0 amide bonds. The molecule has 1 heterocycles. The van der Waals surface area contributed by atoms with Crippen molar-refractivity contribution in [3.05, 3.63) is 52.9 Å². The maximum atomic E-state index is 12.3. The molecule has 1 aromatic carbocycles. The average molecular weight is 371 g/mol. The van der Waals surface area contributed by atoms with Crippen molar-refractivity contribution in [2.24, 2.45) is 7.05 Å². The minimum atomic E-state index is -0.581. The van der Waals surface area contributed by atoms with Gasteiger partial charge in [-0.15, -0.1) is 0 Å². The molecule has 0 aliphatic heterocycles. The van der Waals surface area contributed by atoms with E-state index in [-0.39, 0.29) is 12.4 Å². The first-order valence-electron chi connectivity index (χ1n) is 8.69. The van der Waals surface area contributed by atoms with Crippen LogP contribution in [0.1, 0.15) is 34.2 Å². The van der Waals surface area contributed by atoms with Crippen molar-refractivity contribution in [3.63, 3.8) is 0 Å². The molecule has 2 aromatic rings. The largest absolute Gasteiger partial charge is 0.493 e. The Bertz CT molecular complexity index is 864. The summed E-state index contributed by atoms with van der Waals surface area (Å²) in [6.07, 6.45) is 2.89. The van der Waals surface area contributed by atoms with Gasteiger partial charge in [0.25, 0.3) is 0 Å². The smallest absolute Gasteiger partial charge is 0.331 e. The lowest BCUT2D eigenvalue weighted by molar-refractivity contribution is -0.136. The molecule has 27 heavy (non-hydrogen) atoms. The minimum absolute atomic E-state index is 0.221. The third-order valence-electron chi connectivity index (χ3n) is 4.32. The zero-order valence-electron chi connectivity index (χ0n) is 16.4. The SMILES string of the molecule is CCOc1cc(/C=C/C(=O)OCC(=O)c2cc(C)n(C)c2C)ccc1OC. The molecule has 6 nitrogen and oxygen atoms in total. The van der Waals surface area contributed by atoms with Crippen LogP contribution in [-0.2, 0) is 16.6 Å². The number of benzene rings is 1. The maximum absolute atomic E-state index is 12.3. The van der Waals surface area contributed by atoms with Crippen molar-refractivity contribution in [1.82, 2.24) is 4.57 Å². The molecule has 1 aromatic heterocycles. The van der Waals surface area contributed by atoms with Crippen molar-refractivity contribution in [1.29, 1.82) is 0 Å². The van der Waals surface area contributed by atoms with Crippen LogP contribution < -0.4 is 9.47 Å². The zero-order valence-corrected chi connectivity index (χ0v) is 16.4. The van der Waals surface area contributed by atoms with Crippen molar-refractivity contribution < 1.29 is 23.8 Å². The van der Waals surface area contributed by atoms with Gasteiger partial charge in [0.2, 0.25) is 5.78 Å². The van der Waals surface area contributed by atoms with E-state index >= 15 is 0 Å². The molecule has 0 spiro atoms. The highest BCUT2D eigenvalue weighted by molar-refractivity contribution is 6.00. The van der Waals surface area contributed by atoms with Gasteiger partial charge in [-0.05, 0) is 50.6 Å². The number of aryl methyl sites for hydroxylation is 1. The van der Waals surface area contributed by atoms with Crippen LogP contribution in [0.5, 0.6) is 11.5 Å². The van der Waals surface area contributed by atoms with Gasteiger partial charge in [-0.3, -0.25) is 4.79 Å². The molecule has 0 N–H and O–H groups in total. The Morgan fingerprint density at radius 3 is 2.48 bits per heavy atom. The second-order valence-corrected chi connectivity index (χ2v) is 6.05. The summed E-state index contributed by atoms with van der Waals surface area (Å²) in [6.45, 7) is 5.88. The standard InChI is InChI=1S/C21H25NO5/c1-6-26-20-12-16(7-9-19(20)25-5)8-10-21(24)27-13-18(23)17-11-14(2)22(4)15(17)3/h7-12H,6,13H2,1-5H3/b10-8+. The van der Waals surface area contributed by atoms with Crippen molar-refractivity contribution >= 4 is 17.8 Å². The van der Waals surface area contributed by atoms with Gasteiger partial charge in [0.1, 0.15) is 0 Å². The minimum Gasteiger partial charge on any atom is -0.493 e. The summed E-state index contributed by atoms with van der Waals surface area (Å²) in [4.78, 5) is 24.2. The van der Waals surface area contributed by atoms with Gasteiger partial charge in [-0.1, -0.05) is 6.07 Å². The summed E-state index contributed by atoms with van der Waals surface area (Å²) >= 11 is 0. The van der Waals surface area contributed by atoms with E-state index in [1.165, 1.54) is 6.08 Å². The monoisotopic (exact) mass is 371 g/mol. The number of ketones is 1. The lowest BCUT2D eigenvalue weighted by Gasteiger charge is -2.09. The van der Waals surface area contributed by atoms with Crippen LogP contribution in [0.4, 0.5) is 0 Å². The molecular weight excluding hydrogens is 346 g/mol. The second-order valence-electron chi connectivity index (χ2n) is 6.05. The van der Waals surface area contributed by atoms with Crippen LogP contribution in [0, 0.1) is 13.8 Å². The number of aromatic nitrogens is 1. The van der Waals surface area contributed by atoms with Crippen LogP contribution in [0.2, 0.25) is 0 Å². The number of rotatable bonds is 8. The molecule has 144 valence electrons. The predicted molar refractivity (Wildman–Crippen MR) is 103 cm³/mol. The van der Waals surface area contributed by atoms with Crippen LogP contribution in [-0.4, -0.2) is 36.6 Å². The molecule has 2 rings (SSSR count). The highest BCUT2D eigenvalue weighted by Gasteiger charge is 2.15. The summed E-state index contributed by atoms with van der Waals surface area (Å²) in [5, 5.41) is 0. The van der Waals surface area contributed by atoms with E-state index in [2.05, 4.69) is 0 Å². The third-order valence-corrected chi connectivity index (χ3v) is 4.32. The van der Waals surface area contributed by atoms with Gasteiger partial charge >= 0.3 is 5.97 Å². The van der Waals surface area contributed by atoms with Gasteiger partial charge in [0, 0.05) is 30.1 Å². The number of hydrogen-bond donors (Lipinski definition) is 0. The Morgan fingerprint density at radius 2 is 1.89 bits per heavy atom. The Morgan fingerprint density at radius 1 is 1.15 bits per heavy atom. The van der Waals surface area contributed by atoms with Crippen molar-refractivity contribution in [2.45, 2.75) is 20.8 Å². The number of carbonyl (C=O) groups excluding carboxylic acids is 2. The fourth-order valence-electron chi connectivity index (χ4n) is 2.63. The van der Waals surface area contributed by atoms with Gasteiger partial charge in [-0.2, -0.15) is 0 Å². The summed E-state index contributed by atoms with van der Waals surface area (Å²) in [7, 11) is 3.46. The summed E-state index contributed by atoms with van der Waals surface area (Å²) in [5.41, 5.74) is 3.16. The Kier molecular flexibility index (Phi) is 6.82. The number of methoxy groups -OCH3 is 1. The summed E-state index contributed by atoms with van der Waals surface area (Å²) < 4.78 is 17.7. The average Bonchev–Trinajstić information content (AvgIpc) is 2.92. The van der Waals surface area contributed by atoms with E-state index in [0.717, 1.165) is 17.0 Å². The zero-order chi connectivity index (χ0) is 20.0. The van der Waals surface area contributed by atoms with Crippen LogP contribution in [0.3, 0.4) is 0 Å². The lowest BCUT2D eigenvalue weighted by atomic mass is 10.1. The van der Waals surface area contributed by atoms with Crippen molar-refractivity contribution in [2.75, 3.05) is 20.3 Å². The third kappa shape index (κ3) is 5.00. The van der Waals surface area contributed by atoms with Crippen molar-refractivity contribution in [3.8, 4) is 11.5 Å². The summed E-state index contributed by atoms with van der Waals surface area (Å²) in [6, 6.07) is 7.13. The Labute approximate surface area is 159 Å². The molecule has 0 saturated carbocycles. The first kappa shape index (κ1) is 20.3. The topological polar surface area (TPSA) is 66.8 Å². The molecule has 0 fully saturated rings. The number of nitrogens with zero attached hydrogens (tertiary/aromatic N) is 1. The first-order chi connectivity index (χ1) is 12.9. The van der Waals surface area contributed by atoms with E-state index < -0.39 is 5.97 Å². The molecule has 0 atom stereocenters. The van der Waals surface area contributed by atoms with Gasteiger partial charge < -0.3 is 18.8 Å². The van der Waals surface area contributed by atoms with E-state index in [1.807, 2.05) is 32.4 Å². The molecule has 0 bridgehead atoms. The molecule has 0 aliphatic rings. The highest BCUT2D eigenvalue weighted by Crippen LogP contribution is 2.28. The fourth-order valence-corrected chi connectivity index (χ4v) is 2.63. The molecule has 6 heteroatoms. The number of hydrogen-bond acceptors (Lipinski definition) is 5. The van der Waals surface area contributed by atoms with Crippen LogP contribution in [0.15, 0.2) is 30.3 Å². The van der Waals surface area contributed by atoms with Gasteiger partial charge in [-0.25, -0.2) is 4.79 Å². The second kappa shape index (κ2) is 9.07. The number of Topliss-reactive ketones (excluding diaryl/α,β-unsaturated/α-hetero) is 1. The van der Waals surface area contributed by atoms with Crippen LogP contribution in [0.25, 0.3) is 6.08 Å². The van der Waals surface area contributed by atoms with E-state index in [9.17, 15) is 9.59 Å². The van der Waals surface area contributed by atoms with Gasteiger partial charge in [0.15, 0.2) is 18.1 Å². The normalized spacial score (nSPS) is 10.9. The van der Waals surface area contributed by atoms with E-state index in [0.29, 0.717) is 23.7 Å². The highest BCUT2D eigenvalue weighted by atomic mass is 16.5. The van der Waals surface area contributed by atoms with E-state index in [1.54, 1.807) is 37.5 Å². The Balaban J connectivity index is 1.98. The molecule has 0 unspecified atom stereocenters. The number of carbonyl (C=O) groups is 2. The molecule has 0 aliphatic carbocycles. The molecular formula is C21H25NO5. The number of esters is 1. The quantitative estimate of drug-likeness (QED) is 0.404. The predicted octanol–water partition coefficient (Wildman–Crippen LogP) is 3.49. The number of ether oxygens (including phenoxy) is 3. The maximum Gasteiger partial charge on any atom is 0.331 e. The van der Waals surface area contributed by atoms with Gasteiger partial charge in [0.05, 0.1) is 13.7 Å². The van der Waals surface area contributed by atoms with E-state index in [4.69, 9.17) is 14.2 Å². The Hall–Kier alpha value is -3.02. The fraction of sp³-hybridized carbons (Fsp3) is 0.333.